The van der Waals surface area contributed by atoms with Gasteiger partial charge in [-0.25, -0.2) is 4.98 Å². The summed E-state index contributed by atoms with van der Waals surface area (Å²) in [7, 11) is 0. The van der Waals surface area contributed by atoms with Gasteiger partial charge < -0.3 is 14.5 Å². The van der Waals surface area contributed by atoms with Crippen LogP contribution >= 0.6 is 0 Å². The number of nitrogens with zero attached hydrogens (tertiary/aromatic N) is 4. The van der Waals surface area contributed by atoms with E-state index in [1.165, 1.54) is 77.8 Å². The van der Waals surface area contributed by atoms with Gasteiger partial charge in [0.05, 0.1) is 22.4 Å². The van der Waals surface area contributed by atoms with Crippen LogP contribution in [-0.2, 0) is 21.7 Å². The lowest BCUT2D eigenvalue weighted by Crippen LogP contribution is -2.25. The maximum absolute atomic E-state index is 6.98. The van der Waals surface area contributed by atoms with E-state index in [1.54, 1.807) is 0 Å². The molecule has 5 heteroatoms. The summed E-state index contributed by atoms with van der Waals surface area (Å²) in [6.07, 6.45) is 1.94. The van der Waals surface area contributed by atoms with E-state index in [4.69, 9.17) is 9.72 Å². The van der Waals surface area contributed by atoms with Crippen LogP contribution < -0.4 is 14.5 Å². The second-order valence-corrected chi connectivity index (χ2v) is 24.6. The third-order valence-electron chi connectivity index (χ3n) is 15.1. The predicted octanol–water partition coefficient (Wildman–Crippen LogP) is 19.4. The van der Waals surface area contributed by atoms with Gasteiger partial charge in [0, 0.05) is 46.0 Å². The standard InChI is InChI=1S/C70H70N4O/c1-67(2,3)48-32-35-61-60(41-48)58-34-33-55(44-63(58)74(61)64-42-49(36-37-71-64)68(4,5)6)75-54-27-19-26-52(43-54)72-45-73(53-39-50(69(7,8)9)38-51(40-53)70(10,11)12)66-59(30-21-31-62(66)72)65-56(46-22-15-13-16-23-46)28-20-29-57(65)47-24-17-14-18-25-47/h13-44H,45H2,1-12H3. The van der Waals surface area contributed by atoms with Crippen LogP contribution in [0.5, 0.6) is 11.5 Å². The number of hydrogen-bond acceptors (Lipinski definition) is 4. The lowest BCUT2D eigenvalue weighted by Gasteiger charge is -2.30. The van der Waals surface area contributed by atoms with E-state index in [2.05, 4.69) is 286 Å². The first-order chi connectivity index (χ1) is 35.7. The van der Waals surface area contributed by atoms with Crippen LogP contribution in [-0.4, -0.2) is 16.2 Å². The SMILES string of the molecule is CC(C)(C)c1cc(N2CN(c3cccc(Oc4ccc5c6cc(C(C)(C)C)ccc6n(-c6cc(C(C)(C)C)ccn6)c5c4)c3)c3cccc(-c4c(-c5ccccc5)cccc4-c4ccccc4)c32)cc(C(C)(C)C)c1. The zero-order chi connectivity index (χ0) is 52.6. The smallest absolute Gasteiger partial charge is 0.137 e. The Kier molecular flexibility index (Phi) is 12.2. The normalized spacial score (nSPS) is 13.2. The van der Waals surface area contributed by atoms with Crippen LogP contribution in [0.3, 0.4) is 0 Å². The lowest BCUT2D eigenvalue weighted by molar-refractivity contribution is 0.483. The first-order valence-electron chi connectivity index (χ1n) is 26.6. The number of hydrogen-bond donors (Lipinski definition) is 0. The summed E-state index contributed by atoms with van der Waals surface area (Å²) < 4.78 is 9.29. The fourth-order valence-electron chi connectivity index (χ4n) is 10.8. The first kappa shape index (κ1) is 49.3. The zero-order valence-corrected chi connectivity index (χ0v) is 45.9. The molecule has 376 valence electrons. The van der Waals surface area contributed by atoms with E-state index in [0.717, 1.165) is 39.7 Å². The van der Waals surface area contributed by atoms with Crippen LogP contribution in [0.25, 0.3) is 61.0 Å². The van der Waals surface area contributed by atoms with Gasteiger partial charge in [-0.05, 0) is 138 Å². The number of pyridine rings is 1. The van der Waals surface area contributed by atoms with Gasteiger partial charge in [0.1, 0.15) is 24.0 Å². The molecule has 0 saturated heterocycles. The Bertz CT molecular complexity index is 3670. The minimum Gasteiger partial charge on any atom is -0.457 e. The molecule has 3 heterocycles. The summed E-state index contributed by atoms with van der Waals surface area (Å²) >= 11 is 0. The van der Waals surface area contributed by atoms with E-state index >= 15 is 0 Å². The highest BCUT2D eigenvalue weighted by atomic mass is 16.5. The zero-order valence-electron chi connectivity index (χ0n) is 45.9. The number of anilines is 4. The van der Waals surface area contributed by atoms with Crippen molar-refractivity contribution in [2.75, 3.05) is 16.5 Å². The van der Waals surface area contributed by atoms with Crippen LogP contribution in [0.2, 0.25) is 0 Å². The Hall–Kier alpha value is -7.89. The van der Waals surface area contributed by atoms with Gasteiger partial charge in [-0.3, -0.25) is 4.57 Å². The topological polar surface area (TPSA) is 33.5 Å². The Labute approximate surface area is 445 Å². The summed E-state index contributed by atoms with van der Waals surface area (Å²) in [5, 5.41) is 2.37. The van der Waals surface area contributed by atoms with Crippen LogP contribution in [0, 0.1) is 0 Å². The van der Waals surface area contributed by atoms with Crippen molar-refractivity contribution < 1.29 is 4.74 Å². The highest BCUT2D eigenvalue weighted by Crippen LogP contribution is 2.54. The lowest BCUT2D eigenvalue weighted by atomic mass is 9.80. The molecule has 8 aromatic carbocycles. The second-order valence-electron chi connectivity index (χ2n) is 24.6. The van der Waals surface area contributed by atoms with E-state index in [-0.39, 0.29) is 21.7 Å². The molecule has 0 N–H and O–H groups in total. The molecule has 5 nitrogen and oxygen atoms in total. The Morgan fingerprint density at radius 1 is 0.400 bits per heavy atom. The third-order valence-corrected chi connectivity index (χ3v) is 15.1. The number of para-hydroxylation sites is 1. The van der Waals surface area contributed by atoms with Gasteiger partial charge in [0.15, 0.2) is 0 Å². The summed E-state index contributed by atoms with van der Waals surface area (Å²) in [5.41, 5.74) is 18.8. The average Bonchev–Trinajstić information content (AvgIpc) is 3.96. The molecule has 10 aromatic rings. The van der Waals surface area contributed by atoms with Gasteiger partial charge in [-0.1, -0.05) is 192 Å². The highest BCUT2D eigenvalue weighted by Gasteiger charge is 2.34. The number of rotatable bonds is 8. The molecule has 0 aliphatic carbocycles. The molecule has 0 fully saturated rings. The van der Waals surface area contributed by atoms with Crippen molar-refractivity contribution in [3.8, 4) is 50.7 Å². The van der Waals surface area contributed by atoms with Gasteiger partial charge in [0.25, 0.3) is 0 Å². The molecule has 2 aromatic heterocycles. The van der Waals surface area contributed by atoms with E-state index < -0.39 is 0 Å². The molecule has 75 heavy (non-hydrogen) atoms. The predicted molar refractivity (Wildman–Crippen MR) is 318 cm³/mol. The minimum atomic E-state index is -0.0659. The number of aromatic nitrogens is 2. The number of ether oxygens (including phenoxy) is 1. The molecule has 0 amide bonds. The maximum Gasteiger partial charge on any atom is 0.137 e. The number of fused-ring (bicyclic) bond motifs is 4. The van der Waals surface area contributed by atoms with Crippen molar-refractivity contribution in [2.45, 2.75) is 105 Å². The molecule has 0 atom stereocenters. The Balaban J connectivity index is 1.07. The van der Waals surface area contributed by atoms with Crippen molar-refractivity contribution in [1.82, 2.24) is 9.55 Å². The monoisotopic (exact) mass is 983 g/mol. The molecule has 1 aliphatic heterocycles. The fourth-order valence-corrected chi connectivity index (χ4v) is 10.8. The summed E-state index contributed by atoms with van der Waals surface area (Å²) in [6, 6.07) is 69.0. The minimum absolute atomic E-state index is 0.000874. The van der Waals surface area contributed by atoms with Crippen LogP contribution in [0.15, 0.2) is 194 Å². The van der Waals surface area contributed by atoms with Gasteiger partial charge >= 0.3 is 0 Å². The maximum atomic E-state index is 6.98. The third kappa shape index (κ3) is 9.39. The largest absolute Gasteiger partial charge is 0.457 e. The Morgan fingerprint density at radius 2 is 0.973 bits per heavy atom. The van der Waals surface area contributed by atoms with Gasteiger partial charge in [0.2, 0.25) is 0 Å². The second kappa shape index (κ2) is 18.5. The summed E-state index contributed by atoms with van der Waals surface area (Å²) in [6.45, 7) is 28.1. The van der Waals surface area contributed by atoms with Crippen molar-refractivity contribution in [1.29, 1.82) is 0 Å². The average molecular weight is 983 g/mol. The number of benzene rings is 8. The van der Waals surface area contributed by atoms with Gasteiger partial charge in [-0.2, -0.15) is 0 Å². The van der Waals surface area contributed by atoms with Gasteiger partial charge in [-0.15, -0.1) is 0 Å². The fraction of sp³-hybridized carbons (Fsp3) is 0.243. The molecule has 0 spiro atoms. The Morgan fingerprint density at radius 3 is 1.60 bits per heavy atom. The molecule has 11 rings (SSSR count). The molecule has 0 radical (unpaired) electrons. The van der Waals surface area contributed by atoms with E-state index in [0.29, 0.717) is 6.67 Å². The summed E-state index contributed by atoms with van der Waals surface area (Å²) in [5.74, 6) is 2.42. The molecule has 0 saturated carbocycles. The van der Waals surface area contributed by atoms with Crippen LogP contribution in [0.4, 0.5) is 22.7 Å². The quantitative estimate of drug-likeness (QED) is 0.152. The molecular formula is C70H70N4O. The van der Waals surface area contributed by atoms with Crippen molar-refractivity contribution in [2.24, 2.45) is 0 Å². The van der Waals surface area contributed by atoms with E-state index in [1.807, 2.05) is 6.20 Å². The molecule has 1 aliphatic rings. The molecular weight excluding hydrogens is 913 g/mol. The highest BCUT2D eigenvalue weighted by molar-refractivity contribution is 6.10. The van der Waals surface area contributed by atoms with Crippen LogP contribution in [0.1, 0.15) is 105 Å². The first-order valence-corrected chi connectivity index (χ1v) is 26.6. The van der Waals surface area contributed by atoms with Crippen molar-refractivity contribution >= 4 is 44.6 Å². The van der Waals surface area contributed by atoms with Crippen molar-refractivity contribution in [3.05, 3.63) is 217 Å². The molecule has 0 bridgehead atoms. The summed E-state index contributed by atoms with van der Waals surface area (Å²) in [4.78, 5) is 10.0. The van der Waals surface area contributed by atoms with Crippen molar-refractivity contribution in [3.63, 3.8) is 0 Å². The molecule has 0 unspecified atom stereocenters. The van der Waals surface area contributed by atoms with E-state index in [9.17, 15) is 0 Å².